The summed E-state index contributed by atoms with van der Waals surface area (Å²) in [4.78, 5) is 0. The van der Waals surface area contributed by atoms with Crippen LogP contribution in [0.1, 0.15) is 5.56 Å². The molecule has 0 saturated carbocycles. The van der Waals surface area contributed by atoms with Crippen molar-refractivity contribution in [3.63, 3.8) is 0 Å². The molecule has 0 heterocycles. The molecule has 1 aromatic carbocycles. The van der Waals surface area contributed by atoms with Crippen LogP contribution in [0.2, 0.25) is 0 Å². The van der Waals surface area contributed by atoms with Crippen molar-refractivity contribution in [2.45, 2.75) is 6.92 Å². The second kappa shape index (κ2) is 4.43. The summed E-state index contributed by atoms with van der Waals surface area (Å²) in [5.41, 5.74) is 12.9. The zero-order chi connectivity index (χ0) is 9.84. The molecule has 0 atom stereocenters. The van der Waals surface area contributed by atoms with Crippen molar-refractivity contribution >= 4 is 38.9 Å². The Kier molecular flexibility index (Phi) is 3.50. The van der Waals surface area contributed by atoms with Crippen LogP contribution in [0, 0.1) is 6.92 Å². The zero-order valence-corrected chi connectivity index (χ0v) is 9.50. The first-order chi connectivity index (χ1) is 6.09. The molecule has 0 spiro atoms. The van der Waals surface area contributed by atoms with Crippen molar-refractivity contribution in [1.82, 2.24) is 5.43 Å². The van der Waals surface area contributed by atoms with Gasteiger partial charge in [0, 0.05) is 4.47 Å². The van der Waals surface area contributed by atoms with E-state index >= 15 is 0 Å². The molecule has 0 aliphatic rings. The predicted molar refractivity (Wildman–Crippen MR) is 62.4 cm³/mol. The average molecular weight is 260 g/mol. The van der Waals surface area contributed by atoms with E-state index < -0.39 is 0 Å². The van der Waals surface area contributed by atoms with Crippen LogP contribution in [0.4, 0.5) is 5.69 Å². The number of thiocarbonyl (C=S) groups is 1. The van der Waals surface area contributed by atoms with E-state index in [4.69, 9.17) is 5.73 Å². The van der Waals surface area contributed by atoms with Crippen molar-refractivity contribution in [2.75, 3.05) is 5.43 Å². The Morgan fingerprint density at radius 2 is 2.23 bits per heavy atom. The topological polar surface area (TPSA) is 50.1 Å². The smallest absolute Gasteiger partial charge is 0.182 e. The number of hydrogen-bond acceptors (Lipinski definition) is 2. The first kappa shape index (κ1) is 10.3. The van der Waals surface area contributed by atoms with Gasteiger partial charge in [0.2, 0.25) is 0 Å². The number of anilines is 1. The number of halogens is 1. The van der Waals surface area contributed by atoms with Crippen molar-refractivity contribution in [2.24, 2.45) is 5.73 Å². The Labute approximate surface area is 90.8 Å². The molecular formula is C8H10BrN3S. The highest BCUT2D eigenvalue weighted by molar-refractivity contribution is 9.10. The largest absolute Gasteiger partial charge is 0.375 e. The van der Waals surface area contributed by atoms with Crippen LogP contribution in [0.3, 0.4) is 0 Å². The van der Waals surface area contributed by atoms with Gasteiger partial charge in [-0.3, -0.25) is 10.9 Å². The molecule has 0 saturated heterocycles. The van der Waals surface area contributed by atoms with Crippen molar-refractivity contribution in [3.05, 3.63) is 28.2 Å². The van der Waals surface area contributed by atoms with E-state index in [-0.39, 0.29) is 5.11 Å². The fraction of sp³-hybridized carbons (Fsp3) is 0.125. The van der Waals surface area contributed by atoms with Gasteiger partial charge in [0.05, 0.1) is 5.69 Å². The van der Waals surface area contributed by atoms with Gasteiger partial charge in [-0.1, -0.05) is 15.9 Å². The van der Waals surface area contributed by atoms with Crippen LogP contribution < -0.4 is 16.6 Å². The number of benzene rings is 1. The maximum atomic E-state index is 5.26. The van der Waals surface area contributed by atoms with Gasteiger partial charge < -0.3 is 5.73 Å². The van der Waals surface area contributed by atoms with Crippen LogP contribution in [0.5, 0.6) is 0 Å². The number of nitrogens with two attached hydrogens (primary N) is 1. The van der Waals surface area contributed by atoms with Crippen LogP contribution in [0.15, 0.2) is 22.7 Å². The van der Waals surface area contributed by atoms with Gasteiger partial charge in [0.15, 0.2) is 5.11 Å². The second-order valence-corrected chi connectivity index (χ2v) is 3.87. The van der Waals surface area contributed by atoms with Gasteiger partial charge in [-0.2, -0.15) is 0 Å². The minimum Gasteiger partial charge on any atom is -0.375 e. The molecule has 0 aliphatic carbocycles. The van der Waals surface area contributed by atoms with Crippen molar-refractivity contribution in [3.8, 4) is 0 Å². The SMILES string of the molecule is Cc1cc(NNC(N)=S)ccc1Br. The third kappa shape index (κ3) is 3.20. The third-order valence-electron chi connectivity index (χ3n) is 1.49. The first-order valence-electron chi connectivity index (χ1n) is 3.67. The molecule has 0 bridgehead atoms. The number of rotatable bonds is 2. The van der Waals surface area contributed by atoms with Gasteiger partial charge in [0.1, 0.15) is 0 Å². The quantitative estimate of drug-likeness (QED) is 0.561. The molecule has 0 aliphatic heterocycles. The molecule has 5 heteroatoms. The minimum absolute atomic E-state index is 0.223. The molecule has 0 unspecified atom stereocenters. The molecule has 0 radical (unpaired) electrons. The zero-order valence-electron chi connectivity index (χ0n) is 7.10. The fourth-order valence-corrected chi connectivity index (χ4v) is 1.15. The maximum Gasteiger partial charge on any atom is 0.182 e. The Hall–Kier alpha value is -0.810. The summed E-state index contributed by atoms with van der Waals surface area (Å²) >= 11 is 8.06. The summed E-state index contributed by atoms with van der Waals surface area (Å²) in [5, 5.41) is 0.223. The van der Waals surface area contributed by atoms with E-state index in [1.54, 1.807) is 0 Å². The summed E-state index contributed by atoms with van der Waals surface area (Å²) in [6, 6.07) is 5.86. The molecule has 0 amide bonds. The monoisotopic (exact) mass is 259 g/mol. The summed E-state index contributed by atoms with van der Waals surface area (Å²) < 4.78 is 1.08. The molecular weight excluding hydrogens is 250 g/mol. The molecule has 1 rings (SSSR count). The van der Waals surface area contributed by atoms with Crippen molar-refractivity contribution in [1.29, 1.82) is 0 Å². The Morgan fingerprint density at radius 3 is 2.77 bits per heavy atom. The Bertz CT molecular complexity index is 327. The lowest BCUT2D eigenvalue weighted by Gasteiger charge is -2.08. The molecule has 1 aromatic rings. The first-order valence-corrected chi connectivity index (χ1v) is 4.87. The number of aryl methyl sites for hydroxylation is 1. The Morgan fingerprint density at radius 1 is 1.54 bits per heavy atom. The maximum absolute atomic E-state index is 5.26. The number of hydrazine groups is 1. The van der Waals surface area contributed by atoms with Crippen LogP contribution in [-0.2, 0) is 0 Å². The fourth-order valence-electron chi connectivity index (χ4n) is 0.856. The van der Waals surface area contributed by atoms with Gasteiger partial charge >= 0.3 is 0 Å². The number of hydrogen-bond donors (Lipinski definition) is 3. The molecule has 70 valence electrons. The van der Waals surface area contributed by atoms with E-state index in [9.17, 15) is 0 Å². The summed E-state index contributed by atoms with van der Waals surface area (Å²) in [6.45, 7) is 2.01. The molecule has 4 N–H and O–H groups in total. The van der Waals surface area contributed by atoms with E-state index in [0.717, 1.165) is 15.7 Å². The highest BCUT2D eigenvalue weighted by atomic mass is 79.9. The van der Waals surface area contributed by atoms with E-state index in [0.29, 0.717) is 0 Å². The van der Waals surface area contributed by atoms with Crippen LogP contribution in [-0.4, -0.2) is 5.11 Å². The third-order valence-corrected chi connectivity index (χ3v) is 2.48. The predicted octanol–water partition coefficient (Wildman–Crippen LogP) is 1.92. The molecule has 0 fully saturated rings. The second-order valence-electron chi connectivity index (χ2n) is 2.58. The van der Waals surface area contributed by atoms with Gasteiger partial charge in [0.25, 0.3) is 0 Å². The van der Waals surface area contributed by atoms with E-state index in [1.165, 1.54) is 0 Å². The normalized spacial score (nSPS) is 9.38. The lowest BCUT2D eigenvalue weighted by molar-refractivity contribution is 1.12. The lowest BCUT2D eigenvalue weighted by atomic mass is 10.2. The van der Waals surface area contributed by atoms with Crippen molar-refractivity contribution < 1.29 is 0 Å². The molecule has 13 heavy (non-hydrogen) atoms. The summed E-state index contributed by atoms with van der Waals surface area (Å²) in [5.74, 6) is 0. The highest BCUT2D eigenvalue weighted by Gasteiger charge is 1.96. The van der Waals surface area contributed by atoms with E-state index in [1.807, 2.05) is 25.1 Å². The van der Waals surface area contributed by atoms with Gasteiger partial charge in [-0.15, -0.1) is 0 Å². The van der Waals surface area contributed by atoms with Crippen LogP contribution in [0.25, 0.3) is 0 Å². The van der Waals surface area contributed by atoms with E-state index in [2.05, 4.69) is 39.0 Å². The summed E-state index contributed by atoms with van der Waals surface area (Å²) in [7, 11) is 0. The standard InChI is InChI=1S/C8H10BrN3S/c1-5-4-6(2-3-7(5)9)11-12-8(10)13/h2-4,11H,1H3,(H3,10,12,13). The average Bonchev–Trinajstić information content (AvgIpc) is 2.07. The molecule has 3 nitrogen and oxygen atoms in total. The lowest BCUT2D eigenvalue weighted by Crippen LogP contribution is -2.33. The minimum atomic E-state index is 0.223. The Balaban J connectivity index is 2.68. The number of nitrogens with one attached hydrogen (secondary N) is 2. The van der Waals surface area contributed by atoms with Gasteiger partial charge in [-0.25, -0.2) is 0 Å². The summed E-state index contributed by atoms with van der Waals surface area (Å²) in [6.07, 6.45) is 0. The van der Waals surface area contributed by atoms with Crippen LogP contribution >= 0.6 is 28.1 Å². The highest BCUT2D eigenvalue weighted by Crippen LogP contribution is 2.19. The van der Waals surface area contributed by atoms with Gasteiger partial charge in [-0.05, 0) is 42.9 Å². The molecule has 0 aromatic heterocycles.